The van der Waals surface area contributed by atoms with Crippen LogP contribution in [0.25, 0.3) is 5.57 Å². The van der Waals surface area contributed by atoms with E-state index in [4.69, 9.17) is 5.11 Å². The van der Waals surface area contributed by atoms with Crippen LogP contribution in [0.5, 0.6) is 0 Å². The van der Waals surface area contributed by atoms with E-state index in [1.54, 1.807) is 12.2 Å². The van der Waals surface area contributed by atoms with Gasteiger partial charge in [0.2, 0.25) is 0 Å². The summed E-state index contributed by atoms with van der Waals surface area (Å²) in [6.45, 7) is 0. The Bertz CT molecular complexity index is 557. The summed E-state index contributed by atoms with van der Waals surface area (Å²) in [5, 5.41) is 18.1. The van der Waals surface area contributed by atoms with Crippen molar-refractivity contribution in [3.05, 3.63) is 54.1 Å². The minimum atomic E-state index is -1.33. The molecule has 0 bridgehead atoms. The molecule has 0 saturated heterocycles. The van der Waals surface area contributed by atoms with Gasteiger partial charge in [-0.1, -0.05) is 48.6 Å². The third kappa shape index (κ3) is 2.73. The lowest BCUT2D eigenvalue weighted by Gasteiger charge is -2.26. The second kappa shape index (κ2) is 5.10. The molecule has 0 heterocycles. The summed E-state index contributed by atoms with van der Waals surface area (Å²) < 4.78 is 0. The van der Waals surface area contributed by atoms with Gasteiger partial charge in [0.25, 0.3) is 0 Å². The van der Waals surface area contributed by atoms with Gasteiger partial charge < -0.3 is 10.2 Å². The summed E-state index contributed by atoms with van der Waals surface area (Å²) in [5.74, 6) is -2.21. The number of benzene rings is 1. The van der Waals surface area contributed by atoms with Crippen molar-refractivity contribution in [1.82, 2.24) is 0 Å². The largest absolute Gasteiger partial charge is 0.481 e. The first-order valence-corrected chi connectivity index (χ1v) is 5.93. The standard InChI is InChI=1S/C15H14O4/c16-13(17)10-15(14(18)19)8-6-12(7-9-15)11-4-2-1-3-5-11/h1-8H,9-10H2,(H,16,17)(H,18,19). The number of carboxylic acid groups (broad SMARTS) is 2. The number of allylic oxidation sites excluding steroid dienone is 3. The molecule has 0 amide bonds. The first kappa shape index (κ1) is 13.1. The van der Waals surface area contributed by atoms with E-state index in [-0.39, 0.29) is 6.42 Å². The first-order valence-electron chi connectivity index (χ1n) is 5.93. The predicted octanol–water partition coefficient (Wildman–Crippen LogP) is 2.58. The second-order valence-corrected chi connectivity index (χ2v) is 4.59. The van der Waals surface area contributed by atoms with Crippen LogP contribution in [-0.4, -0.2) is 22.2 Å². The Morgan fingerprint density at radius 1 is 1.16 bits per heavy atom. The fourth-order valence-corrected chi connectivity index (χ4v) is 2.16. The van der Waals surface area contributed by atoms with E-state index in [9.17, 15) is 14.7 Å². The topological polar surface area (TPSA) is 74.6 Å². The summed E-state index contributed by atoms with van der Waals surface area (Å²) in [6.07, 6.45) is 4.75. The summed E-state index contributed by atoms with van der Waals surface area (Å²) in [5.41, 5.74) is 0.584. The average Bonchev–Trinajstić information content (AvgIpc) is 2.39. The smallest absolute Gasteiger partial charge is 0.314 e. The molecule has 19 heavy (non-hydrogen) atoms. The Morgan fingerprint density at radius 2 is 1.84 bits per heavy atom. The van der Waals surface area contributed by atoms with E-state index < -0.39 is 23.8 Å². The third-order valence-electron chi connectivity index (χ3n) is 3.27. The molecule has 1 aromatic carbocycles. The molecule has 1 aromatic rings. The molecule has 1 aliphatic carbocycles. The van der Waals surface area contributed by atoms with Gasteiger partial charge in [0.15, 0.2) is 0 Å². The monoisotopic (exact) mass is 258 g/mol. The van der Waals surface area contributed by atoms with E-state index in [1.807, 2.05) is 30.3 Å². The number of aliphatic carboxylic acids is 2. The number of hydrogen-bond donors (Lipinski definition) is 2. The Labute approximate surface area is 110 Å². The predicted molar refractivity (Wildman–Crippen MR) is 70.5 cm³/mol. The summed E-state index contributed by atoms with van der Waals surface area (Å²) in [4.78, 5) is 22.1. The summed E-state index contributed by atoms with van der Waals surface area (Å²) in [7, 11) is 0. The van der Waals surface area contributed by atoms with E-state index in [0.29, 0.717) is 0 Å². The highest BCUT2D eigenvalue weighted by Crippen LogP contribution is 2.36. The maximum absolute atomic E-state index is 11.3. The minimum absolute atomic E-state index is 0.190. The highest BCUT2D eigenvalue weighted by molar-refractivity contribution is 5.87. The molecule has 0 radical (unpaired) electrons. The van der Waals surface area contributed by atoms with Crippen molar-refractivity contribution in [2.45, 2.75) is 12.8 Å². The Kier molecular flexibility index (Phi) is 3.51. The second-order valence-electron chi connectivity index (χ2n) is 4.59. The van der Waals surface area contributed by atoms with Crippen LogP contribution in [0, 0.1) is 5.41 Å². The molecule has 2 N–H and O–H groups in total. The molecular formula is C15H14O4. The molecule has 0 aliphatic heterocycles. The zero-order valence-electron chi connectivity index (χ0n) is 10.2. The molecule has 0 fully saturated rings. The van der Waals surface area contributed by atoms with Crippen LogP contribution in [-0.2, 0) is 9.59 Å². The van der Waals surface area contributed by atoms with E-state index in [1.165, 1.54) is 6.08 Å². The van der Waals surface area contributed by atoms with Crippen LogP contribution < -0.4 is 0 Å². The van der Waals surface area contributed by atoms with Crippen molar-refractivity contribution in [2.75, 3.05) is 0 Å². The van der Waals surface area contributed by atoms with Crippen LogP contribution in [0.4, 0.5) is 0 Å². The average molecular weight is 258 g/mol. The molecule has 2 rings (SSSR count). The molecule has 1 unspecified atom stereocenters. The molecule has 0 aromatic heterocycles. The molecule has 4 heteroatoms. The highest BCUT2D eigenvalue weighted by atomic mass is 16.4. The molecule has 0 saturated carbocycles. The molecule has 98 valence electrons. The quantitative estimate of drug-likeness (QED) is 0.870. The number of hydrogen-bond acceptors (Lipinski definition) is 2. The zero-order chi connectivity index (χ0) is 13.9. The van der Waals surface area contributed by atoms with Crippen molar-refractivity contribution in [2.24, 2.45) is 5.41 Å². The Morgan fingerprint density at radius 3 is 2.32 bits per heavy atom. The van der Waals surface area contributed by atoms with Crippen LogP contribution in [0.1, 0.15) is 18.4 Å². The number of carboxylic acids is 2. The number of rotatable bonds is 4. The van der Waals surface area contributed by atoms with Crippen LogP contribution in [0.15, 0.2) is 48.6 Å². The molecule has 1 atom stereocenters. The van der Waals surface area contributed by atoms with Crippen molar-refractivity contribution in [3.63, 3.8) is 0 Å². The van der Waals surface area contributed by atoms with Crippen LogP contribution in [0.2, 0.25) is 0 Å². The Hall–Kier alpha value is -2.36. The van der Waals surface area contributed by atoms with E-state index >= 15 is 0 Å². The van der Waals surface area contributed by atoms with E-state index in [2.05, 4.69) is 0 Å². The minimum Gasteiger partial charge on any atom is -0.481 e. The molecular weight excluding hydrogens is 244 g/mol. The molecule has 1 aliphatic rings. The van der Waals surface area contributed by atoms with Crippen molar-refractivity contribution >= 4 is 17.5 Å². The SMILES string of the molecule is O=C(O)CC1(C(=O)O)C=CC(c2ccccc2)=CC1. The number of carbonyl (C=O) groups is 2. The van der Waals surface area contributed by atoms with Gasteiger partial charge in [-0.2, -0.15) is 0 Å². The van der Waals surface area contributed by atoms with Gasteiger partial charge in [-0.3, -0.25) is 9.59 Å². The summed E-state index contributed by atoms with van der Waals surface area (Å²) in [6, 6.07) is 9.57. The van der Waals surface area contributed by atoms with Crippen LogP contribution in [0.3, 0.4) is 0 Å². The van der Waals surface area contributed by atoms with Gasteiger partial charge in [0.1, 0.15) is 0 Å². The normalized spacial score (nSPS) is 21.8. The lowest BCUT2D eigenvalue weighted by atomic mass is 9.76. The van der Waals surface area contributed by atoms with Gasteiger partial charge in [-0.25, -0.2) is 0 Å². The highest BCUT2D eigenvalue weighted by Gasteiger charge is 2.38. The van der Waals surface area contributed by atoms with Crippen molar-refractivity contribution in [3.8, 4) is 0 Å². The Balaban J connectivity index is 2.25. The zero-order valence-corrected chi connectivity index (χ0v) is 10.2. The third-order valence-corrected chi connectivity index (χ3v) is 3.27. The fraction of sp³-hybridized carbons (Fsp3) is 0.200. The first-order chi connectivity index (χ1) is 9.03. The van der Waals surface area contributed by atoms with Gasteiger partial charge in [-0.15, -0.1) is 0 Å². The maximum atomic E-state index is 11.3. The van der Waals surface area contributed by atoms with Gasteiger partial charge in [0.05, 0.1) is 11.8 Å². The van der Waals surface area contributed by atoms with Crippen molar-refractivity contribution in [1.29, 1.82) is 0 Å². The van der Waals surface area contributed by atoms with Crippen LogP contribution >= 0.6 is 0 Å². The summed E-state index contributed by atoms with van der Waals surface area (Å²) >= 11 is 0. The van der Waals surface area contributed by atoms with E-state index in [0.717, 1.165) is 11.1 Å². The molecule has 4 nitrogen and oxygen atoms in total. The van der Waals surface area contributed by atoms with Gasteiger partial charge >= 0.3 is 11.9 Å². The van der Waals surface area contributed by atoms with Gasteiger partial charge in [-0.05, 0) is 17.6 Å². The lowest BCUT2D eigenvalue weighted by Crippen LogP contribution is -2.32. The fourth-order valence-electron chi connectivity index (χ4n) is 2.16. The molecule has 0 spiro atoms. The maximum Gasteiger partial charge on any atom is 0.314 e. The lowest BCUT2D eigenvalue weighted by molar-refractivity contribution is -0.152. The van der Waals surface area contributed by atoms with Crippen molar-refractivity contribution < 1.29 is 19.8 Å². The van der Waals surface area contributed by atoms with Gasteiger partial charge in [0, 0.05) is 0 Å².